The number of amides is 2. The lowest BCUT2D eigenvalue weighted by Crippen LogP contribution is -2.27. The van der Waals surface area contributed by atoms with E-state index >= 15 is 0 Å². The molecule has 0 aliphatic heterocycles. The number of aromatic carboxylic acids is 1. The van der Waals surface area contributed by atoms with Crippen molar-refractivity contribution in [2.75, 3.05) is 10.6 Å². The van der Waals surface area contributed by atoms with E-state index in [1.54, 1.807) is 45.0 Å². The van der Waals surface area contributed by atoms with Gasteiger partial charge in [-0.2, -0.15) is 0 Å². The van der Waals surface area contributed by atoms with Gasteiger partial charge in [0.05, 0.1) is 22.5 Å². The molecule has 0 fully saturated rings. The molecule has 0 aliphatic rings. The van der Waals surface area contributed by atoms with Crippen LogP contribution < -0.4 is 10.6 Å². The third kappa shape index (κ3) is 10.8. The molecular weight excluding hydrogens is 877 g/mol. The first-order chi connectivity index (χ1) is 33.5. The van der Waals surface area contributed by atoms with Crippen LogP contribution in [0.5, 0.6) is 0 Å². The van der Waals surface area contributed by atoms with Crippen molar-refractivity contribution in [3.05, 3.63) is 193 Å². The number of benzene rings is 9. The van der Waals surface area contributed by atoms with Crippen LogP contribution in [-0.4, -0.2) is 40.4 Å². The van der Waals surface area contributed by atoms with Crippen molar-refractivity contribution in [2.24, 2.45) is 0 Å². The Labute approximate surface area is 406 Å². The standard InChI is InChI=1S/C34H31NO4.C26H23NO4/c1-22(23-12-6-5-7-13-23)38-32(36)28-20-18-24-14-8-10-16-26(24)30(28)31-27-17-11-9-15-25(27)19-21-29(31)35-33(37)39-34(2,3)4;1-26(2,3)31-25(30)27-21-15-13-17-9-5-7-11-19(17)23(21)22-18-10-6-4-8-16(18)12-14-20(22)24(28)29/h5-22H,1-4H3,(H,35,37);4-15H,1-3H3,(H,27,30)(H,28,29)/t22-;/m0./s1. The number of hydrogen-bond donors (Lipinski definition) is 3. The number of ether oxygens (including phenoxy) is 3. The summed E-state index contributed by atoms with van der Waals surface area (Å²) in [4.78, 5) is 51.5. The van der Waals surface area contributed by atoms with Crippen LogP contribution in [-0.2, 0) is 14.2 Å². The van der Waals surface area contributed by atoms with Crippen molar-refractivity contribution in [2.45, 2.75) is 65.8 Å². The predicted molar refractivity (Wildman–Crippen MR) is 281 cm³/mol. The molecule has 10 heteroatoms. The minimum Gasteiger partial charge on any atom is -0.478 e. The van der Waals surface area contributed by atoms with E-state index in [1.807, 2.05) is 179 Å². The summed E-state index contributed by atoms with van der Waals surface area (Å²) in [6, 6.07) is 55.4. The molecule has 0 heterocycles. The number of hydrogen-bond acceptors (Lipinski definition) is 7. The van der Waals surface area contributed by atoms with Crippen molar-refractivity contribution in [1.82, 2.24) is 0 Å². The maximum Gasteiger partial charge on any atom is 0.412 e. The predicted octanol–water partition coefficient (Wildman–Crippen LogP) is 15.6. The topological polar surface area (TPSA) is 140 Å². The van der Waals surface area contributed by atoms with Gasteiger partial charge >= 0.3 is 24.1 Å². The van der Waals surface area contributed by atoms with E-state index in [9.17, 15) is 24.3 Å². The highest BCUT2D eigenvalue weighted by Gasteiger charge is 2.26. The van der Waals surface area contributed by atoms with E-state index < -0.39 is 41.4 Å². The summed E-state index contributed by atoms with van der Waals surface area (Å²) in [6.45, 7) is 12.7. The van der Waals surface area contributed by atoms with Crippen LogP contribution in [0.4, 0.5) is 21.0 Å². The molecule has 9 rings (SSSR count). The first-order valence-corrected chi connectivity index (χ1v) is 23.0. The van der Waals surface area contributed by atoms with Crippen molar-refractivity contribution in [3.8, 4) is 22.3 Å². The third-order valence-electron chi connectivity index (χ3n) is 11.5. The fraction of sp³-hybridized carbons (Fsp3) is 0.167. The van der Waals surface area contributed by atoms with E-state index in [1.165, 1.54) is 0 Å². The summed E-state index contributed by atoms with van der Waals surface area (Å²) in [5, 5.41) is 23.0. The number of carboxylic acid groups (broad SMARTS) is 1. The molecule has 0 bridgehead atoms. The number of fused-ring (bicyclic) bond motifs is 4. The molecule has 0 saturated heterocycles. The fourth-order valence-electron chi connectivity index (χ4n) is 8.56. The Balaban J connectivity index is 0.000000193. The van der Waals surface area contributed by atoms with Gasteiger partial charge in [-0.25, -0.2) is 19.2 Å². The molecule has 352 valence electrons. The van der Waals surface area contributed by atoms with Gasteiger partial charge in [-0.15, -0.1) is 0 Å². The minimum atomic E-state index is -1.03. The number of carboxylic acids is 1. The first-order valence-electron chi connectivity index (χ1n) is 23.0. The number of esters is 1. The van der Waals surface area contributed by atoms with Crippen LogP contribution in [0.3, 0.4) is 0 Å². The van der Waals surface area contributed by atoms with E-state index in [-0.39, 0.29) is 5.56 Å². The number of carbonyl (C=O) groups excluding carboxylic acids is 3. The van der Waals surface area contributed by atoms with Crippen LogP contribution in [0.25, 0.3) is 65.3 Å². The number of rotatable bonds is 8. The van der Waals surface area contributed by atoms with Gasteiger partial charge in [0.2, 0.25) is 0 Å². The van der Waals surface area contributed by atoms with Gasteiger partial charge in [0.25, 0.3) is 0 Å². The molecule has 1 atom stereocenters. The maximum atomic E-state index is 13.8. The van der Waals surface area contributed by atoms with E-state index in [0.717, 1.165) is 54.2 Å². The zero-order valence-electron chi connectivity index (χ0n) is 40.1. The smallest absolute Gasteiger partial charge is 0.412 e. The molecule has 2 amide bonds. The van der Waals surface area contributed by atoms with Gasteiger partial charge in [0.15, 0.2) is 0 Å². The highest BCUT2D eigenvalue weighted by Crippen LogP contribution is 2.44. The second kappa shape index (κ2) is 20.0. The van der Waals surface area contributed by atoms with Crippen molar-refractivity contribution in [1.29, 1.82) is 0 Å². The summed E-state index contributed by atoms with van der Waals surface area (Å²) in [5.41, 5.74) is 3.85. The van der Waals surface area contributed by atoms with Crippen LogP contribution in [0.2, 0.25) is 0 Å². The van der Waals surface area contributed by atoms with Gasteiger partial charge in [-0.05, 0) is 121 Å². The van der Waals surface area contributed by atoms with Crippen LogP contribution in [0.15, 0.2) is 176 Å². The van der Waals surface area contributed by atoms with E-state index in [0.29, 0.717) is 33.6 Å². The highest BCUT2D eigenvalue weighted by molar-refractivity contribution is 6.18. The fourth-order valence-corrected chi connectivity index (χ4v) is 8.56. The molecule has 0 radical (unpaired) electrons. The lowest BCUT2D eigenvalue weighted by Gasteiger charge is -2.22. The normalized spacial score (nSPS) is 11.9. The third-order valence-corrected chi connectivity index (χ3v) is 11.5. The molecule has 0 saturated carbocycles. The van der Waals surface area contributed by atoms with E-state index in [2.05, 4.69) is 10.6 Å². The SMILES string of the molecule is CC(C)(C)OC(=O)Nc1ccc2ccccc2c1-c1c(C(=O)O)ccc2ccccc12.C[C@H](OC(=O)c1ccc2ccccc2c1-c1c(NC(=O)OC(C)(C)C)ccc2ccccc12)c1ccccc1. The van der Waals surface area contributed by atoms with Crippen LogP contribution in [0.1, 0.15) is 80.8 Å². The van der Waals surface area contributed by atoms with Crippen LogP contribution >= 0.6 is 0 Å². The summed E-state index contributed by atoms with van der Waals surface area (Å²) >= 11 is 0. The van der Waals surface area contributed by atoms with Gasteiger partial charge < -0.3 is 19.3 Å². The lowest BCUT2D eigenvalue weighted by molar-refractivity contribution is 0.0338. The Morgan fingerprint density at radius 1 is 0.429 bits per heavy atom. The van der Waals surface area contributed by atoms with Crippen molar-refractivity contribution >= 4 is 78.6 Å². The lowest BCUT2D eigenvalue weighted by atomic mass is 9.89. The molecule has 0 unspecified atom stereocenters. The molecular formula is C60H54N2O8. The highest BCUT2D eigenvalue weighted by atomic mass is 16.6. The van der Waals surface area contributed by atoms with Crippen molar-refractivity contribution in [3.63, 3.8) is 0 Å². The summed E-state index contributed by atoms with van der Waals surface area (Å²) in [7, 11) is 0. The molecule has 3 N–H and O–H groups in total. The minimum absolute atomic E-state index is 0.169. The second-order valence-electron chi connectivity index (χ2n) is 18.9. The monoisotopic (exact) mass is 930 g/mol. The molecule has 0 aliphatic carbocycles. The molecule has 9 aromatic rings. The number of carbonyl (C=O) groups is 4. The second-order valence-corrected chi connectivity index (χ2v) is 18.9. The summed E-state index contributed by atoms with van der Waals surface area (Å²) < 4.78 is 17.0. The molecule has 0 spiro atoms. The molecule has 70 heavy (non-hydrogen) atoms. The van der Waals surface area contributed by atoms with Crippen molar-refractivity contribution < 1.29 is 38.5 Å². The van der Waals surface area contributed by atoms with Gasteiger partial charge in [-0.1, -0.05) is 152 Å². The van der Waals surface area contributed by atoms with Gasteiger partial charge in [0.1, 0.15) is 17.3 Å². The number of nitrogens with one attached hydrogen (secondary N) is 2. The first kappa shape index (κ1) is 48.0. The Kier molecular flexibility index (Phi) is 13.7. The average Bonchev–Trinajstić information content (AvgIpc) is 3.32. The molecule has 0 aromatic heterocycles. The van der Waals surface area contributed by atoms with E-state index in [4.69, 9.17) is 14.2 Å². The quantitative estimate of drug-likeness (QED) is 0.101. The molecule has 10 nitrogen and oxygen atoms in total. The van der Waals surface area contributed by atoms with Gasteiger partial charge in [0, 0.05) is 22.3 Å². The van der Waals surface area contributed by atoms with Crippen LogP contribution in [0, 0.1) is 0 Å². The molecule has 9 aromatic carbocycles. The average molecular weight is 931 g/mol. The Hall–Kier alpha value is -8.50. The Morgan fingerprint density at radius 2 is 0.771 bits per heavy atom. The Morgan fingerprint density at radius 3 is 1.17 bits per heavy atom. The summed E-state index contributed by atoms with van der Waals surface area (Å²) in [6.07, 6.45) is -1.60. The number of anilines is 2. The zero-order valence-corrected chi connectivity index (χ0v) is 40.1. The Bertz CT molecular complexity index is 3440. The largest absolute Gasteiger partial charge is 0.478 e. The van der Waals surface area contributed by atoms with Gasteiger partial charge in [-0.3, -0.25) is 10.6 Å². The zero-order chi connectivity index (χ0) is 49.7. The maximum absolute atomic E-state index is 13.8. The summed E-state index contributed by atoms with van der Waals surface area (Å²) in [5.74, 6) is -1.47.